The van der Waals surface area contributed by atoms with E-state index >= 15 is 0 Å². The van der Waals surface area contributed by atoms with Gasteiger partial charge in [0.05, 0.1) is 18.3 Å². The zero-order valence-electron chi connectivity index (χ0n) is 16.5. The van der Waals surface area contributed by atoms with Crippen LogP contribution in [0.25, 0.3) is 0 Å². The average molecular weight is 391 g/mol. The highest BCUT2D eigenvalue weighted by Gasteiger charge is 2.11. The predicted molar refractivity (Wildman–Crippen MR) is 110 cm³/mol. The van der Waals surface area contributed by atoms with Crippen LogP contribution in [-0.2, 0) is 6.61 Å². The maximum Gasteiger partial charge on any atom is 0.251 e. The van der Waals surface area contributed by atoms with Crippen molar-refractivity contribution >= 4 is 17.2 Å². The Kier molecular flexibility index (Phi) is 9.11. The molecule has 6 heteroatoms. The second kappa shape index (κ2) is 11.6. The lowest BCUT2D eigenvalue weighted by atomic mass is 10.0. The van der Waals surface area contributed by atoms with Crippen molar-refractivity contribution < 1.29 is 14.3 Å². The monoisotopic (exact) mass is 390 g/mol. The first-order valence-corrected chi connectivity index (χ1v) is 10.5. The quantitative estimate of drug-likeness (QED) is 0.514. The van der Waals surface area contributed by atoms with Gasteiger partial charge >= 0.3 is 0 Å². The Labute approximate surface area is 166 Å². The molecular weight excluding hydrogens is 360 g/mol. The lowest BCUT2D eigenvalue weighted by Gasteiger charge is -2.12. The van der Waals surface area contributed by atoms with E-state index in [1.54, 1.807) is 30.8 Å². The smallest absolute Gasteiger partial charge is 0.251 e. The van der Waals surface area contributed by atoms with Crippen LogP contribution < -0.4 is 14.8 Å². The van der Waals surface area contributed by atoms with E-state index in [1.165, 1.54) is 30.6 Å². The van der Waals surface area contributed by atoms with Gasteiger partial charge < -0.3 is 14.8 Å². The summed E-state index contributed by atoms with van der Waals surface area (Å²) in [5.41, 5.74) is 3.22. The number of carbonyl (C=O) groups excluding carboxylic acids is 1. The molecule has 1 aromatic carbocycles. The van der Waals surface area contributed by atoms with Gasteiger partial charge in [0.25, 0.3) is 5.91 Å². The van der Waals surface area contributed by atoms with Gasteiger partial charge in [-0.3, -0.25) is 4.79 Å². The number of hydrogen-bond donors (Lipinski definition) is 1. The van der Waals surface area contributed by atoms with Crippen LogP contribution >= 0.6 is 11.3 Å². The number of thiazole rings is 1. The van der Waals surface area contributed by atoms with E-state index in [-0.39, 0.29) is 5.91 Å². The summed E-state index contributed by atoms with van der Waals surface area (Å²) in [6.07, 6.45) is 5.94. The number of benzene rings is 1. The number of aromatic nitrogens is 1. The van der Waals surface area contributed by atoms with E-state index in [4.69, 9.17) is 9.47 Å². The first kappa shape index (κ1) is 21.2. The fraction of sp³-hybridized carbons (Fsp3) is 0.524. The van der Waals surface area contributed by atoms with E-state index in [1.807, 2.05) is 5.38 Å². The molecule has 0 saturated heterocycles. The van der Waals surface area contributed by atoms with Gasteiger partial charge in [-0.1, -0.05) is 39.5 Å². The van der Waals surface area contributed by atoms with Gasteiger partial charge in [-0.05, 0) is 30.5 Å². The first-order chi connectivity index (χ1) is 13.1. The number of nitrogens with zero attached hydrogens (tertiary/aromatic N) is 1. The highest BCUT2D eigenvalue weighted by atomic mass is 32.1. The maximum atomic E-state index is 12.3. The number of amides is 1. The molecular formula is C21H30N2O3S. The molecule has 0 aliphatic rings. The van der Waals surface area contributed by atoms with Crippen molar-refractivity contribution in [2.75, 3.05) is 13.7 Å². The van der Waals surface area contributed by atoms with E-state index in [2.05, 4.69) is 24.1 Å². The summed E-state index contributed by atoms with van der Waals surface area (Å²) in [5, 5.41) is 4.92. The molecule has 1 aromatic heterocycles. The molecule has 1 heterocycles. The molecule has 0 atom stereocenters. The summed E-state index contributed by atoms with van der Waals surface area (Å²) in [6, 6.07) is 5.25. The second-order valence-electron chi connectivity index (χ2n) is 6.99. The standard InChI is InChI=1S/C21H30N2O3S/c1-16(2)8-6-4-5-7-11-22-21(24)17-9-10-19(20(12-17)25-3)26-13-18-14-27-15-23-18/h9-10,12,14-16H,4-8,11,13H2,1-3H3,(H,22,24). The fourth-order valence-corrected chi connectivity index (χ4v) is 3.27. The molecule has 0 aliphatic heterocycles. The van der Waals surface area contributed by atoms with Crippen molar-refractivity contribution in [3.05, 3.63) is 40.3 Å². The normalized spacial score (nSPS) is 10.8. The third kappa shape index (κ3) is 7.59. The summed E-state index contributed by atoms with van der Waals surface area (Å²) in [4.78, 5) is 16.5. The van der Waals surface area contributed by atoms with Crippen LogP contribution in [0, 0.1) is 5.92 Å². The molecule has 2 aromatic rings. The zero-order valence-corrected chi connectivity index (χ0v) is 17.3. The molecule has 1 amide bonds. The highest BCUT2D eigenvalue weighted by Crippen LogP contribution is 2.28. The Morgan fingerprint density at radius 1 is 1.19 bits per heavy atom. The molecule has 0 saturated carbocycles. The summed E-state index contributed by atoms with van der Waals surface area (Å²) in [6.45, 7) is 5.58. The minimum Gasteiger partial charge on any atom is -0.493 e. The molecule has 0 bridgehead atoms. The van der Waals surface area contributed by atoms with Gasteiger partial charge in [0.1, 0.15) is 6.61 Å². The lowest BCUT2D eigenvalue weighted by Crippen LogP contribution is -2.24. The van der Waals surface area contributed by atoms with Gasteiger partial charge in [-0.25, -0.2) is 4.98 Å². The molecule has 0 unspecified atom stereocenters. The number of nitrogens with one attached hydrogen (secondary N) is 1. The number of methoxy groups -OCH3 is 1. The minimum absolute atomic E-state index is 0.0819. The minimum atomic E-state index is -0.0819. The van der Waals surface area contributed by atoms with Crippen LogP contribution in [0.15, 0.2) is 29.1 Å². The van der Waals surface area contributed by atoms with Crippen molar-refractivity contribution in [1.29, 1.82) is 0 Å². The zero-order chi connectivity index (χ0) is 19.5. The lowest BCUT2D eigenvalue weighted by molar-refractivity contribution is 0.0952. The number of ether oxygens (including phenoxy) is 2. The fourth-order valence-electron chi connectivity index (χ4n) is 2.72. The van der Waals surface area contributed by atoms with Crippen LogP contribution in [0.5, 0.6) is 11.5 Å². The van der Waals surface area contributed by atoms with Crippen molar-refractivity contribution in [2.45, 2.75) is 52.6 Å². The molecule has 0 radical (unpaired) electrons. The molecule has 1 N–H and O–H groups in total. The van der Waals surface area contributed by atoms with Crippen LogP contribution in [0.3, 0.4) is 0 Å². The summed E-state index contributed by atoms with van der Waals surface area (Å²) >= 11 is 1.53. The highest BCUT2D eigenvalue weighted by molar-refractivity contribution is 7.07. The first-order valence-electron chi connectivity index (χ1n) is 9.56. The van der Waals surface area contributed by atoms with Gasteiger partial charge in [-0.15, -0.1) is 11.3 Å². The van der Waals surface area contributed by atoms with E-state index in [0.717, 1.165) is 24.5 Å². The van der Waals surface area contributed by atoms with E-state index in [9.17, 15) is 4.79 Å². The largest absolute Gasteiger partial charge is 0.493 e. The number of unbranched alkanes of at least 4 members (excludes halogenated alkanes) is 3. The predicted octanol–water partition coefficient (Wildman–Crippen LogP) is 5.07. The Hall–Kier alpha value is -2.08. The van der Waals surface area contributed by atoms with Crippen molar-refractivity contribution in [1.82, 2.24) is 10.3 Å². The Morgan fingerprint density at radius 3 is 2.70 bits per heavy atom. The van der Waals surface area contributed by atoms with Gasteiger partial charge in [0.15, 0.2) is 11.5 Å². The van der Waals surface area contributed by atoms with Crippen LogP contribution in [0.2, 0.25) is 0 Å². The molecule has 27 heavy (non-hydrogen) atoms. The maximum absolute atomic E-state index is 12.3. The Morgan fingerprint density at radius 2 is 2.00 bits per heavy atom. The molecule has 0 fully saturated rings. The van der Waals surface area contributed by atoms with Crippen molar-refractivity contribution in [3.63, 3.8) is 0 Å². The van der Waals surface area contributed by atoms with E-state index < -0.39 is 0 Å². The average Bonchev–Trinajstić information content (AvgIpc) is 3.18. The van der Waals surface area contributed by atoms with E-state index in [0.29, 0.717) is 30.2 Å². The van der Waals surface area contributed by atoms with Crippen LogP contribution in [-0.4, -0.2) is 24.5 Å². The van der Waals surface area contributed by atoms with Crippen molar-refractivity contribution in [3.8, 4) is 11.5 Å². The summed E-state index contributed by atoms with van der Waals surface area (Å²) in [5.74, 6) is 1.84. The topological polar surface area (TPSA) is 60.5 Å². The summed E-state index contributed by atoms with van der Waals surface area (Å²) in [7, 11) is 1.57. The van der Waals surface area contributed by atoms with Crippen molar-refractivity contribution in [2.24, 2.45) is 5.92 Å². The van der Waals surface area contributed by atoms with Gasteiger partial charge in [0.2, 0.25) is 0 Å². The van der Waals surface area contributed by atoms with Crippen LogP contribution in [0.4, 0.5) is 0 Å². The number of carbonyl (C=O) groups is 1. The second-order valence-corrected chi connectivity index (χ2v) is 7.71. The number of rotatable bonds is 12. The molecule has 0 aliphatic carbocycles. The third-order valence-electron chi connectivity index (χ3n) is 4.28. The van der Waals surface area contributed by atoms with Crippen LogP contribution in [0.1, 0.15) is 62.0 Å². The molecule has 0 spiro atoms. The Bertz CT molecular complexity index is 687. The number of hydrogen-bond acceptors (Lipinski definition) is 5. The molecule has 5 nitrogen and oxygen atoms in total. The third-order valence-corrected chi connectivity index (χ3v) is 4.91. The Balaban J connectivity index is 1.77. The summed E-state index contributed by atoms with van der Waals surface area (Å²) < 4.78 is 11.1. The molecule has 2 rings (SSSR count). The van der Waals surface area contributed by atoms with Gasteiger partial charge in [0, 0.05) is 17.5 Å². The van der Waals surface area contributed by atoms with Gasteiger partial charge in [-0.2, -0.15) is 0 Å². The molecule has 148 valence electrons. The SMILES string of the molecule is COc1cc(C(=O)NCCCCCCC(C)C)ccc1OCc1cscn1.